The number of benzene rings is 5. The summed E-state index contributed by atoms with van der Waals surface area (Å²) >= 11 is 0. The zero-order chi connectivity index (χ0) is 41.9. The van der Waals surface area contributed by atoms with E-state index in [0.29, 0.717) is 5.69 Å². The second-order valence-corrected chi connectivity index (χ2v) is 21.9. The lowest BCUT2D eigenvalue weighted by atomic mass is 9.35. The zero-order valence-corrected chi connectivity index (χ0v) is 37.0. The predicted molar refractivity (Wildman–Crippen MR) is 244 cm³/mol. The summed E-state index contributed by atoms with van der Waals surface area (Å²) in [4.78, 5) is 4.49. The molecule has 302 valence electrons. The van der Waals surface area contributed by atoms with Gasteiger partial charge in [0, 0.05) is 34.2 Å². The largest absolute Gasteiger partial charge is 0.468 e. The molecule has 10 rings (SSSR count). The van der Waals surface area contributed by atoms with Crippen LogP contribution >= 0.6 is 0 Å². The number of anilines is 6. The van der Waals surface area contributed by atoms with Gasteiger partial charge in [-0.15, -0.1) is 0 Å². The number of hydrogen-bond donors (Lipinski definition) is 0. The highest BCUT2D eigenvalue weighted by Gasteiger charge is 2.50. The van der Waals surface area contributed by atoms with Crippen LogP contribution in [0.3, 0.4) is 0 Å². The molecule has 0 saturated heterocycles. The van der Waals surface area contributed by atoms with Crippen LogP contribution in [-0.4, -0.2) is 6.71 Å². The molecule has 0 fully saturated rings. The zero-order valence-electron chi connectivity index (χ0n) is 37.0. The average Bonchev–Trinajstić information content (AvgIpc) is 3.53. The molecule has 0 unspecified atom stereocenters. The molecule has 0 N–H and O–H groups in total. The Kier molecular flexibility index (Phi) is 7.90. The first-order chi connectivity index (χ1) is 27.6. The topological polar surface area (TPSA) is 19.6 Å². The van der Waals surface area contributed by atoms with Crippen molar-refractivity contribution >= 4 is 68.4 Å². The van der Waals surface area contributed by atoms with Crippen LogP contribution in [0, 0.1) is 18.6 Å². The number of halogens is 2. The molecule has 0 saturated carbocycles. The fraction of sp³-hybridized carbons (Fsp3) is 0.396. The molecule has 2 aliphatic carbocycles. The van der Waals surface area contributed by atoms with Crippen molar-refractivity contribution < 1.29 is 13.2 Å². The van der Waals surface area contributed by atoms with Crippen molar-refractivity contribution in [3.63, 3.8) is 0 Å². The van der Waals surface area contributed by atoms with E-state index in [0.717, 1.165) is 87.8 Å². The summed E-state index contributed by atoms with van der Waals surface area (Å²) in [6.45, 7) is 27.6. The smallest absolute Gasteiger partial charge is 0.297 e. The summed E-state index contributed by atoms with van der Waals surface area (Å²) in [6, 6.07) is 27.1. The maximum Gasteiger partial charge on any atom is 0.297 e. The van der Waals surface area contributed by atoms with Crippen LogP contribution in [0.2, 0.25) is 0 Å². The third kappa shape index (κ3) is 5.56. The van der Waals surface area contributed by atoms with Gasteiger partial charge in [0.25, 0.3) is 6.71 Å². The molecule has 6 aromatic rings. The quantitative estimate of drug-likeness (QED) is 0.163. The van der Waals surface area contributed by atoms with Crippen LogP contribution in [0.25, 0.3) is 11.0 Å². The van der Waals surface area contributed by atoms with Gasteiger partial charge in [0.2, 0.25) is 0 Å². The van der Waals surface area contributed by atoms with Gasteiger partial charge in [-0.25, -0.2) is 8.78 Å². The number of aryl methyl sites for hydroxylation is 1. The average molecular weight is 787 g/mol. The van der Waals surface area contributed by atoms with Gasteiger partial charge in [-0.05, 0) is 159 Å². The predicted octanol–water partition coefficient (Wildman–Crippen LogP) is 13.1. The molecule has 0 atom stereocenters. The minimum Gasteiger partial charge on any atom is -0.468 e. The molecule has 2 aliphatic heterocycles. The second kappa shape index (κ2) is 12.1. The lowest BCUT2D eigenvalue weighted by molar-refractivity contribution is 0.332. The molecule has 59 heavy (non-hydrogen) atoms. The van der Waals surface area contributed by atoms with Gasteiger partial charge in [-0.1, -0.05) is 94.4 Å². The second-order valence-electron chi connectivity index (χ2n) is 21.9. The van der Waals surface area contributed by atoms with Crippen molar-refractivity contribution in [1.82, 2.24) is 0 Å². The molecule has 0 bridgehead atoms. The monoisotopic (exact) mass is 786 g/mol. The first kappa shape index (κ1) is 38.4. The molecule has 0 amide bonds. The number of fused-ring (bicyclic) bond motifs is 8. The van der Waals surface area contributed by atoms with E-state index in [1.165, 1.54) is 39.3 Å². The van der Waals surface area contributed by atoms with E-state index in [1.54, 1.807) is 6.07 Å². The van der Waals surface area contributed by atoms with Crippen molar-refractivity contribution in [2.45, 2.75) is 136 Å². The first-order valence-electron chi connectivity index (χ1n) is 21.7. The Balaban J connectivity index is 1.35. The van der Waals surface area contributed by atoms with Gasteiger partial charge >= 0.3 is 0 Å². The summed E-state index contributed by atoms with van der Waals surface area (Å²) in [5.74, 6) is -1.21. The molecule has 3 heterocycles. The molecule has 0 radical (unpaired) electrons. The summed E-state index contributed by atoms with van der Waals surface area (Å²) < 4.78 is 38.7. The standard InChI is InChI=1S/C53H57BF2N2O/c1-30-23-43-46-44(24-30)58(41-18-15-32(55)25-40(41)56)47-34-26-35-38(53(11,12)22-19-50(35,5)6)29-45(34)59-48(47)54(46)39-27-36-37(52(9,10)21-20-51(36,7)8)28-42(39)57(43)33-16-13-31(14-17-33)49(2,3)4/h13-18,23-29H,19-22H2,1-12H3. The Morgan fingerprint density at radius 1 is 0.593 bits per heavy atom. The SMILES string of the molecule is Cc1cc2c3c(c1)N(c1ccc(F)cc1F)c1c(oc4cc5c(cc14)C(C)(C)CCC5(C)C)B3c1cc3c(cc1N2c1ccc(C(C)(C)C)cc1)C(C)(C)CCC3(C)C. The van der Waals surface area contributed by atoms with Crippen molar-refractivity contribution in [2.24, 2.45) is 0 Å². The van der Waals surface area contributed by atoms with Crippen LogP contribution in [0.4, 0.5) is 42.9 Å². The van der Waals surface area contributed by atoms with E-state index in [9.17, 15) is 4.39 Å². The minimum absolute atomic E-state index is 0.00167. The molecular weight excluding hydrogens is 729 g/mol. The summed E-state index contributed by atoms with van der Waals surface area (Å²) in [5, 5.41) is 0.961. The lowest BCUT2D eigenvalue weighted by Gasteiger charge is -2.46. The molecule has 1 aromatic heterocycles. The lowest BCUT2D eigenvalue weighted by Crippen LogP contribution is -2.61. The van der Waals surface area contributed by atoms with E-state index in [4.69, 9.17) is 4.42 Å². The van der Waals surface area contributed by atoms with Crippen LogP contribution in [0.15, 0.2) is 83.3 Å². The van der Waals surface area contributed by atoms with Gasteiger partial charge in [-0.3, -0.25) is 0 Å². The van der Waals surface area contributed by atoms with Crippen molar-refractivity contribution in [3.05, 3.63) is 124 Å². The summed E-state index contributed by atoms with van der Waals surface area (Å²) in [6.07, 6.45) is 4.36. The molecule has 5 aromatic carbocycles. The van der Waals surface area contributed by atoms with Crippen molar-refractivity contribution in [2.75, 3.05) is 9.80 Å². The highest BCUT2D eigenvalue weighted by molar-refractivity contribution is 7.00. The van der Waals surface area contributed by atoms with E-state index in [1.807, 2.05) is 4.90 Å². The Bertz CT molecular complexity index is 2760. The van der Waals surface area contributed by atoms with Crippen molar-refractivity contribution in [3.8, 4) is 0 Å². The third-order valence-corrected chi connectivity index (χ3v) is 14.9. The van der Waals surface area contributed by atoms with Crippen LogP contribution < -0.4 is 26.4 Å². The molecule has 3 nitrogen and oxygen atoms in total. The van der Waals surface area contributed by atoms with E-state index >= 15 is 4.39 Å². The fourth-order valence-electron chi connectivity index (χ4n) is 11.0. The van der Waals surface area contributed by atoms with Gasteiger partial charge in [-0.2, -0.15) is 0 Å². The Morgan fingerprint density at radius 3 is 1.71 bits per heavy atom. The number of rotatable bonds is 2. The highest BCUT2D eigenvalue weighted by atomic mass is 19.1. The first-order valence-corrected chi connectivity index (χ1v) is 21.7. The third-order valence-electron chi connectivity index (χ3n) is 14.9. The summed E-state index contributed by atoms with van der Waals surface area (Å²) in [7, 11) is 0. The van der Waals surface area contributed by atoms with Gasteiger partial charge < -0.3 is 14.2 Å². The van der Waals surface area contributed by atoms with Crippen LogP contribution in [-0.2, 0) is 27.1 Å². The molecular formula is C53H57BF2N2O. The van der Waals surface area contributed by atoms with Gasteiger partial charge in [0.05, 0.1) is 17.0 Å². The Morgan fingerprint density at radius 2 is 1.14 bits per heavy atom. The molecule has 4 aliphatic rings. The number of nitrogens with zero attached hydrogens (tertiary/aromatic N) is 2. The highest BCUT2D eigenvalue weighted by Crippen LogP contribution is 2.53. The minimum atomic E-state index is -0.609. The Labute approximate surface area is 349 Å². The van der Waals surface area contributed by atoms with E-state index < -0.39 is 11.6 Å². The van der Waals surface area contributed by atoms with Crippen LogP contribution in [0.1, 0.15) is 135 Å². The summed E-state index contributed by atoms with van der Waals surface area (Å²) in [5.41, 5.74) is 16.8. The van der Waals surface area contributed by atoms with E-state index in [2.05, 4.69) is 149 Å². The normalized spacial score (nSPS) is 19.2. The number of furan rings is 1. The van der Waals surface area contributed by atoms with Crippen LogP contribution in [0.5, 0.6) is 0 Å². The maximum absolute atomic E-state index is 16.6. The van der Waals surface area contributed by atoms with Crippen molar-refractivity contribution in [1.29, 1.82) is 0 Å². The maximum atomic E-state index is 16.6. The fourth-order valence-corrected chi connectivity index (χ4v) is 11.0. The molecule has 6 heteroatoms. The Hall–Kier alpha value is -4.84. The van der Waals surface area contributed by atoms with E-state index in [-0.39, 0.29) is 33.8 Å². The van der Waals surface area contributed by atoms with Gasteiger partial charge in [0.1, 0.15) is 17.2 Å². The molecule has 0 spiro atoms. The van der Waals surface area contributed by atoms with Gasteiger partial charge in [0.15, 0.2) is 0 Å². The number of hydrogen-bond acceptors (Lipinski definition) is 3.